The second-order valence-electron chi connectivity index (χ2n) is 6.29. The molecular formula is C19H22N4O2S2. The number of amides is 1. The largest absolute Gasteiger partial charge is 0.325 e. The Balaban J connectivity index is 1.57. The Morgan fingerprint density at radius 1 is 1.30 bits per heavy atom. The van der Waals surface area contributed by atoms with Crippen molar-refractivity contribution in [2.45, 2.75) is 38.9 Å². The van der Waals surface area contributed by atoms with E-state index in [1.165, 1.54) is 33.7 Å². The van der Waals surface area contributed by atoms with Crippen LogP contribution in [0, 0.1) is 6.92 Å². The summed E-state index contributed by atoms with van der Waals surface area (Å²) in [5.41, 5.74) is 2.45. The van der Waals surface area contributed by atoms with Gasteiger partial charge < -0.3 is 5.32 Å². The molecule has 8 heteroatoms. The number of aromatic nitrogens is 3. The molecule has 3 aromatic rings. The van der Waals surface area contributed by atoms with Crippen molar-refractivity contribution in [1.29, 1.82) is 0 Å². The molecule has 0 bridgehead atoms. The minimum Gasteiger partial charge on any atom is -0.325 e. The summed E-state index contributed by atoms with van der Waals surface area (Å²) >= 11 is 2.90. The number of rotatable bonds is 8. The maximum atomic E-state index is 12.2. The lowest BCUT2D eigenvalue weighted by Gasteiger charge is -2.05. The molecule has 3 rings (SSSR count). The van der Waals surface area contributed by atoms with Gasteiger partial charge in [0.05, 0.1) is 11.4 Å². The van der Waals surface area contributed by atoms with Crippen molar-refractivity contribution < 1.29 is 4.79 Å². The first kappa shape index (κ1) is 19.6. The lowest BCUT2D eigenvalue weighted by atomic mass is 10.2. The Kier molecular flexibility index (Phi) is 6.63. The number of unbranched alkanes of at least 4 members (excludes halogenated alkanes) is 1. The van der Waals surface area contributed by atoms with E-state index in [2.05, 4.69) is 22.3 Å². The number of benzene rings is 1. The number of thioether (sulfide) groups is 1. The van der Waals surface area contributed by atoms with E-state index in [-0.39, 0.29) is 11.5 Å². The molecule has 0 aliphatic carbocycles. The third-order valence-corrected chi connectivity index (χ3v) is 5.84. The smallest absolute Gasteiger partial charge is 0.275 e. The maximum Gasteiger partial charge on any atom is 0.275 e. The van der Waals surface area contributed by atoms with Crippen LogP contribution in [0.25, 0.3) is 4.96 Å². The molecule has 0 saturated carbocycles. The number of carbonyl (C=O) groups is 1. The van der Waals surface area contributed by atoms with Gasteiger partial charge in [-0.05, 0) is 25.5 Å². The minimum atomic E-state index is -0.168. The Morgan fingerprint density at radius 3 is 2.81 bits per heavy atom. The van der Waals surface area contributed by atoms with Crippen LogP contribution in [0.15, 0.2) is 35.1 Å². The normalized spacial score (nSPS) is 11.0. The van der Waals surface area contributed by atoms with Crippen LogP contribution in [0.5, 0.6) is 0 Å². The van der Waals surface area contributed by atoms with Crippen molar-refractivity contribution in [2.75, 3.05) is 11.1 Å². The monoisotopic (exact) mass is 402 g/mol. The Labute approximate surface area is 166 Å². The summed E-state index contributed by atoms with van der Waals surface area (Å²) in [5.74, 6) is 0.746. The van der Waals surface area contributed by atoms with Crippen LogP contribution in [0.4, 0.5) is 5.69 Å². The van der Waals surface area contributed by atoms with Gasteiger partial charge in [-0.3, -0.25) is 9.59 Å². The van der Waals surface area contributed by atoms with Crippen LogP contribution in [-0.4, -0.2) is 26.3 Å². The average Bonchev–Trinajstić information content (AvgIpc) is 3.05. The number of fused-ring (bicyclic) bond motifs is 1. The summed E-state index contributed by atoms with van der Waals surface area (Å²) < 4.78 is 1.37. The van der Waals surface area contributed by atoms with Crippen molar-refractivity contribution in [3.63, 3.8) is 0 Å². The third-order valence-electron chi connectivity index (χ3n) is 3.90. The van der Waals surface area contributed by atoms with Gasteiger partial charge in [-0.2, -0.15) is 9.61 Å². The van der Waals surface area contributed by atoms with Gasteiger partial charge in [-0.1, -0.05) is 42.4 Å². The average molecular weight is 403 g/mol. The van der Waals surface area contributed by atoms with Crippen molar-refractivity contribution in [1.82, 2.24) is 14.6 Å². The third kappa shape index (κ3) is 5.40. The zero-order chi connectivity index (χ0) is 19.2. The maximum absolute atomic E-state index is 12.2. The molecule has 0 atom stereocenters. The summed E-state index contributed by atoms with van der Waals surface area (Å²) in [6, 6.07) is 9.18. The van der Waals surface area contributed by atoms with Crippen LogP contribution in [0.2, 0.25) is 0 Å². The molecule has 0 aliphatic rings. The van der Waals surface area contributed by atoms with E-state index >= 15 is 0 Å². The van der Waals surface area contributed by atoms with E-state index in [9.17, 15) is 9.59 Å². The molecular weight excluding hydrogens is 380 g/mol. The van der Waals surface area contributed by atoms with E-state index in [0.29, 0.717) is 22.2 Å². The van der Waals surface area contributed by atoms with E-state index in [0.717, 1.165) is 35.5 Å². The van der Waals surface area contributed by atoms with Gasteiger partial charge in [0, 0.05) is 23.9 Å². The van der Waals surface area contributed by atoms with Gasteiger partial charge in [0.15, 0.2) is 0 Å². The van der Waals surface area contributed by atoms with Crippen LogP contribution in [0.1, 0.15) is 36.0 Å². The fourth-order valence-electron chi connectivity index (χ4n) is 2.48. The van der Waals surface area contributed by atoms with Gasteiger partial charge in [0.2, 0.25) is 10.9 Å². The van der Waals surface area contributed by atoms with Crippen molar-refractivity contribution >= 4 is 39.7 Å². The topological polar surface area (TPSA) is 76.4 Å². The zero-order valence-electron chi connectivity index (χ0n) is 15.4. The number of hydrogen-bond acceptors (Lipinski definition) is 6. The molecule has 2 aromatic heterocycles. The highest BCUT2D eigenvalue weighted by molar-refractivity contribution is 7.99. The van der Waals surface area contributed by atoms with Gasteiger partial charge in [-0.15, -0.1) is 11.8 Å². The highest BCUT2D eigenvalue weighted by Gasteiger charge is 2.10. The van der Waals surface area contributed by atoms with Gasteiger partial charge in [0.1, 0.15) is 5.01 Å². The fourth-order valence-corrected chi connectivity index (χ4v) is 4.16. The van der Waals surface area contributed by atoms with Crippen LogP contribution in [0.3, 0.4) is 0 Å². The molecule has 142 valence electrons. The summed E-state index contributed by atoms with van der Waals surface area (Å²) in [6.45, 7) is 4.13. The number of hydrogen-bond donors (Lipinski definition) is 1. The SMILES string of the molecule is CCCCc1nn2c(=O)cc(CSCC(=O)Nc3ccc(C)cc3)nc2s1. The summed E-state index contributed by atoms with van der Waals surface area (Å²) in [4.78, 5) is 29.4. The number of nitrogens with zero attached hydrogens (tertiary/aromatic N) is 3. The summed E-state index contributed by atoms with van der Waals surface area (Å²) in [6.07, 6.45) is 3.01. The van der Waals surface area contributed by atoms with Crippen molar-refractivity contribution in [2.24, 2.45) is 0 Å². The Bertz CT molecular complexity index is 980. The number of carbonyl (C=O) groups excluding carboxylic acids is 1. The van der Waals surface area contributed by atoms with Crippen molar-refractivity contribution in [3.05, 3.63) is 57.0 Å². The summed E-state index contributed by atoms with van der Waals surface area (Å²) in [5, 5.41) is 8.14. The molecule has 27 heavy (non-hydrogen) atoms. The molecule has 0 fully saturated rings. The number of nitrogens with one attached hydrogen (secondary N) is 1. The molecule has 0 unspecified atom stereocenters. The molecule has 1 aromatic carbocycles. The number of anilines is 1. The van der Waals surface area contributed by atoms with Gasteiger partial charge in [0.25, 0.3) is 5.56 Å². The predicted molar refractivity (Wildman–Crippen MR) is 112 cm³/mol. The predicted octanol–water partition coefficient (Wildman–Crippen LogP) is 3.67. The van der Waals surface area contributed by atoms with E-state index in [1.54, 1.807) is 0 Å². The highest BCUT2D eigenvalue weighted by Crippen LogP contribution is 2.16. The quantitative estimate of drug-likeness (QED) is 0.622. The van der Waals surface area contributed by atoms with Crippen LogP contribution in [-0.2, 0) is 17.0 Å². The first-order chi connectivity index (χ1) is 13.0. The lowest BCUT2D eigenvalue weighted by molar-refractivity contribution is -0.113. The van der Waals surface area contributed by atoms with E-state index in [1.807, 2.05) is 31.2 Å². The van der Waals surface area contributed by atoms with E-state index < -0.39 is 0 Å². The van der Waals surface area contributed by atoms with Crippen molar-refractivity contribution in [3.8, 4) is 0 Å². The first-order valence-corrected chi connectivity index (χ1v) is 10.8. The zero-order valence-corrected chi connectivity index (χ0v) is 17.0. The second kappa shape index (κ2) is 9.14. The van der Waals surface area contributed by atoms with Gasteiger partial charge in [-0.25, -0.2) is 4.98 Å². The van der Waals surface area contributed by atoms with Crippen LogP contribution < -0.4 is 10.9 Å². The molecule has 2 heterocycles. The molecule has 0 radical (unpaired) electrons. The van der Waals surface area contributed by atoms with Crippen LogP contribution >= 0.6 is 23.1 Å². The Morgan fingerprint density at radius 2 is 2.07 bits per heavy atom. The molecule has 0 saturated heterocycles. The summed E-state index contributed by atoms with van der Waals surface area (Å²) in [7, 11) is 0. The second-order valence-corrected chi connectivity index (χ2v) is 8.31. The number of aryl methyl sites for hydroxylation is 2. The minimum absolute atomic E-state index is 0.0682. The van der Waals surface area contributed by atoms with E-state index in [4.69, 9.17) is 0 Å². The lowest BCUT2D eigenvalue weighted by Crippen LogP contribution is -2.16. The molecule has 6 nitrogen and oxygen atoms in total. The van der Waals surface area contributed by atoms with Gasteiger partial charge >= 0.3 is 0 Å². The molecule has 1 amide bonds. The molecule has 0 spiro atoms. The molecule has 0 aliphatic heterocycles. The molecule has 1 N–H and O–H groups in total. The standard InChI is InChI=1S/C19H22N4O2S2/c1-3-4-5-17-22-23-18(25)10-15(21-19(23)27-17)11-26-12-16(24)20-14-8-6-13(2)7-9-14/h6-10H,3-5,11-12H2,1-2H3,(H,20,24). The highest BCUT2D eigenvalue weighted by atomic mass is 32.2. The Hall–Kier alpha value is -2.19. The fraction of sp³-hybridized carbons (Fsp3) is 0.368. The first-order valence-electron chi connectivity index (χ1n) is 8.88.